The standard InChI is InChI=1S/C18H34N2O4/c1-3-9-19(11-15(23)13-21)17-7-5-6-8-18(17)20(10-4-2)12-16(24)14-22/h3-4,15-18,21-24H,1-2,5-14H2/t15?,16?,17-,18-/m1/s1. The lowest BCUT2D eigenvalue weighted by Gasteiger charge is -2.45. The minimum atomic E-state index is -0.775. The van der Waals surface area contributed by atoms with Crippen molar-refractivity contribution in [2.45, 2.75) is 50.0 Å². The molecule has 0 heterocycles. The fourth-order valence-electron chi connectivity index (χ4n) is 3.62. The van der Waals surface area contributed by atoms with Crippen molar-refractivity contribution in [1.82, 2.24) is 9.80 Å². The number of hydrogen-bond acceptors (Lipinski definition) is 6. The number of hydrogen-bond donors (Lipinski definition) is 4. The Kier molecular flexibility index (Phi) is 10.4. The van der Waals surface area contributed by atoms with Gasteiger partial charge in [-0.3, -0.25) is 9.80 Å². The summed E-state index contributed by atoms with van der Waals surface area (Å²) in [4.78, 5) is 4.33. The van der Waals surface area contributed by atoms with Crippen LogP contribution >= 0.6 is 0 Å². The zero-order chi connectivity index (χ0) is 17.9. The second-order valence-corrected chi connectivity index (χ2v) is 6.58. The van der Waals surface area contributed by atoms with Gasteiger partial charge >= 0.3 is 0 Å². The highest BCUT2D eigenvalue weighted by Crippen LogP contribution is 2.28. The van der Waals surface area contributed by atoms with Gasteiger partial charge in [-0.25, -0.2) is 0 Å². The van der Waals surface area contributed by atoms with Crippen LogP contribution in [0.1, 0.15) is 25.7 Å². The number of rotatable bonds is 12. The third-order valence-electron chi connectivity index (χ3n) is 4.67. The summed E-state index contributed by atoms with van der Waals surface area (Å²) in [5, 5.41) is 38.1. The molecule has 0 bridgehead atoms. The highest BCUT2D eigenvalue weighted by atomic mass is 16.3. The molecule has 2 unspecified atom stereocenters. The lowest BCUT2D eigenvalue weighted by Crippen LogP contribution is -2.56. The predicted octanol–water partition coefficient (Wildman–Crippen LogP) is -0.0200. The molecule has 0 aromatic heterocycles. The molecule has 24 heavy (non-hydrogen) atoms. The third-order valence-corrected chi connectivity index (χ3v) is 4.67. The minimum Gasteiger partial charge on any atom is -0.394 e. The van der Waals surface area contributed by atoms with E-state index < -0.39 is 12.2 Å². The number of nitrogens with zero attached hydrogens (tertiary/aromatic N) is 2. The van der Waals surface area contributed by atoms with Crippen LogP contribution in [0.4, 0.5) is 0 Å². The average molecular weight is 342 g/mol. The van der Waals surface area contributed by atoms with E-state index in [9.17, 15) is 20.4 Å². The van der Waals surface area contributed by atoms with Crippen LogP contribution in [-0.2, 0) is 0 Å². The molecule has 1 rings (SSSR count). The van der Waals surface area contributed by atoms with Crippen LogP contribution in [0.15, 0.2) is 25.3 Å². The Hall–Kier alpha value is -0.760. The van der Waals surface area contributed by atoms with Crippen LogP contribution in [-0.4, -0.2) is 93.9 Å². The van der Waals surface area contributed by atoms with E-state index >= 15 is 0 Å². The Balaban J connectivity index is 2.92. The largest absolute Gasteiger partial charge is 0.394 e. The normalized spacial score (nSPS) is 24.1. The second-order valence-electron chi connectivity index (χ2n) is 6.58. The van der Waals surface area contributed by atoms with Gasteiger partial charge in [0.25, 0.3) is 0 Å². The maximum Gasteiger partial charge on any atom is 0.0897 e. The Morgan fingerprint density at radius 3 is 1.50 bits per heavy atom. The van der Waals surface area contributed by atoms with Gasteiger partial charge in [0.1, 0.15) is 0 Å². The fraction of sp³-hybridized carbons (Fsp3) is 0.778. The topological polar surface area (TPSA) is 87.4 Å². The van der Waals surface area contributed by atoms with E-state index in [-0.39, 0.29) is 25.3 Å². The lowest BCUT2D eigenvalue weighted by molar-refractivity contribution is -0.00729. The van der Waals surface area contributed by atoms with Crippen LogP contribution in [0.25, 0.3) is 0 Å². The first-order valence-electron chi connectivity index (χ1n) is 8.85. The third kappa shape index (κ3) is 6.63. The number of aliphatic hydroxyl groups is 4. The average Bonchev–Trinajstić information content (AvgIpc) is 2.60. The molecule has 0 saturated heterocycles. The molecule has 0 aromatic carbocycles. The highest BCUT2D eigenvalue weighted by molar-refractivity contribution is 4.94. The van der Waals surface area contributed by atoms with Crippen molar-refractivity contribution in [3.05, 3.63) is 25.3 Å². The van der Waals surface area contributed by atoms with Crippen LogP contribution in [0, 0.1) is 0 Å². The van der Waals surface area contributed by atoms with Crippen molar-refractivity contribution < 1.29 is 20.4 Å². The molecule has 4 N–H and O–H groups in total. The van der Waals surface area contributed by atoms with E-state index in [1.54, 1.807) is 0 Å². The van der Waals surface area contributed by atoms with Gasteiger partial charge in [0.2, 0.25) is 0 Å². The van der Waals surface area contributed by atoms with Crippen molar-refractivity contribution >= 4 is 0 Å². The predicted molar refractivity (Wildman–Crippen MR) is 95.8 cm³/mol. The summed E-state index contributed by atoms with van der Waals surface area (Å²) in [6.07, 6.45) is 6.32. The highest BCUT2D eigenvalue weighted by Gasteiger charge is 2.34. The van der Waals surface area contributed by atoms with Gasteiger partial charge in [-0.05, 0) is 12.8 Å². The Morgan fingerprint density at radius 2 is 1.21 bits per heavy atom. The summed E-state index contributed by atoms with van der Waals surface area (Å²) < 4.78 is 0. The molecule has 6 heteroatoms. The molecule has 4 atom stereocenters. The van der Waals surface area contributed by atoms with Gasteiger partial charge in [0, 0.05) is 38.3 Å². The molecule has 0 amide bonds. The molecule has 0 spiro atoms. The molecule has 1 saturated carbocycles. The SMILES string of the molecule is C=CCN(CC(O)CO)[C@@H]1CCCC[C@H]1N(CC=C)CC(O)CO. The maximum atomic E-state index is 9.87. The van der Waals surface area contributed by atoms with E-state index in [2.05, 4.69) is 23.0 Å². The van der Waals surface area contributed by atoms with Gasteiger partial charge in [0.15, 0.2) is 0 Å². The lowest BCUT2D eigenvalue weighted by atomic mass is 9.87. The molecule has 0 radical (unpaired) electrons. The molecule has 6 nitrogen and oxygen atoms in total. The van der Waals surface area contributed by atoms with Crippen molar-refractivity contribution in [3.8, 4) is 0 Å². The molecule has 1 aliphatic rings. The summed E-state index contributed by atoms with van der Waals surface area (Å²) >= 11 is 0. The van der Waals surface area contributed by atoms with Crippen molar-refractivity contribution in [1.29, 1.82) is 0 Å². The summed E-state index contributed by atoms with van der Waals surface area (Å²) in [5.74, 6) is 0. The zero-order valence-corrected chi connectivity index (χ0v) is 14.6. The van der Waals surface area contributed by atoms with Crippen molar-refractivity contribution in [2.24, 2.45) is 0 Å². The van der Waals surface area contributed by atoms with Gasteiger partial charge in [-0.1, -0.05) is 25.0 Å². The van der Waals surface area contributed by atoms with Crippen molar-refractivity contribution in [3.63, 3.8) is 0 Å². The van der Waals surface area contributed by atoms with E-state index in [1.165, 1.54) is 0 Å². The van der Waals surface area contributed by atoms with Gasteiger partial charge in [-0.15, -0.1) is 13.2 Å². The van der Waals surface area contributed by atoms with Gasteiger partial charge < -0.3 is 20.4 Å². The second kappa shape index (κ2) is 11.7. The quantitative estimate of drug-likeness (QED) is 0.373. The minimum absolute atomic E-state index is 0.212. The Morgan fingerprint density at radius 1 is 0.833 bits per heavy atom. The first-order chi connectivity index (χ1) is 11.6. The maximum absolute atomic E-state index is 9.87. The van der Waals surface area contributed by atoms with E-state index in [0.717, 1.165) is 25.7 Å². The summed E-state index contributed by atoms with van der Waals surface area (Å²) in [5.41, 5.74) is 0. The first kappa shape index (κ1) is 21.3. The van der Waals surface area contributed by atoms with Gasteiger partial charge in [-0.2, -0.15) is 0 Å². The molecule has 1 aliphatic carbocycles. The summed E-state index contributed by atoms with van der Waals surface area (Å²) in [7, 11) is 0. The molecule has 0 aromatic rings. The van der Waals surface area contributed by atoms with Crippen LogP contribution < -0.4 is 0 Å². The smallest absolute Gasteiger partial charge is 0.0897 e. The summed E-state index contributed by atoms with van der Waals surface area (Å²) in [6, 6.07) is 0.424. The molecular weight excluding hydrogens is 308 g/mol. The monoisotopic (exact) mass is 342 g/mol. The zero-order valence-electron chi connectivity index (χ0n) is 14.6. The van der Waals surface area contributed by atoms with Crippen LogP contribution in [0.5, 0.6) is 0 Å². The van der Waals surface area contributed by atoms with E-state index in [1.807, 2.05) is 12.2 Å². The Bertz CT molecular complexity index is 333. The number of aliphatic hydroxyl groups excluding tert-OH is 4. The molecule has 0 aliphatic heterocycles. The van der Waals surface area contributed by atoms with Crippen LogP contribution in [0.3, 0.4) is 0 Å². The summed E-state index contributed by atoms with van der Waals surface area (Å²) in [6.45, 7) is 9.17. The van der Waals surface area contributed by atoms with Crippen molar-refractivity contribution in [2.75, 3.05) is 39.4 Å². The molecule has 1 fully saturated rings. The van der Waals surface area contributed by atoms with E-state index in [0.29, 0.717) is 26.2 Å². The first-order valence-corrected chi connectivity index (χ1v) is 8.85. The fourth-order valence-corrected chi connectivity index (χ4v) is 3.62. The van der Waals surface area contributed by atoms with Crippen LogP contribution in [0.2, 0.25) is 0 Å². The van der Waals surface area contributed by atoms with E-state index in [4.69, 9.17) is 0 Å². The molecular formula is C18H34N2O4. The molecule has 140 valence electrons. The van der Waals surface area contributed by atoms with Gasteiger partial charge in [0.05, 0.1) is 25.4 Å². The Labute approximate surface area is 145 Å².